The molecule has 130 valence electrons. The second-order valence-corrected chi connectivity index (χ2v) is 5.66. The summed E-state index contributed by atoms with van der Waals surface area (Å²) in [7, 11) is 0. The van der Waals surface area contributed by atoms with Crippen molar-refractivity contribution in [2.45, 2.75) is 19.8 Å². The van der Waals surface area contributed by atoms with Gasteiger partial charge in [-0.05, 0) is 61.4 Å². The Morgan fingerprint density at radius 2 is 1.84 bits per heavy atom. The average molecular weight is 340 g/mol. The highest BCUT2D eigenvalue weighted by Gasteiger charge is 2.15. The molecule has 0 radical (unpaired) electrons. The molecule has 6 heteroatoms. The number of hydrogen-bond donors (Lipinski definition) is 2. The number of benzene rings is 2. The number of rotatable bonds is 6. The molecule has 2 N–H and O–H groups in total. The van der Waals surface area contributed by atoms with E-state index in [9.17, 15) is 9.59 Å². The van der Waals surface area contributed by atoms with Crippen molar-refractivity contribution < 1.29 is 19.1 Å². The molecule has 6 nitrogen and oxygen atoms in total. The summed E-state index contributed by atoms with van der Waals surface area (Å²) in [5.74, 6) is 1.15. The number of amides is 2. The second kappa shape index (κ2) is 7.70. The highest BCUT2D eigenvalue weighted by molar-refractivity contribution is 5.94. The second-order valence-electron chi connectivity index (χ2n) is 5.66. The van der Waals surface area contributed by atoms with Crippen molar-refractivity contribution in [1.82, 2.24) is 0 Å². The van der Waals surface area contributed by atoms with Gasteiger partial charge >= 0.3 is 0 Å². The Bertz CT molecular complexity index is 771. The van der Waals surface area contributed by atoms with E-state index >= 15 is 0 Å². The summed E-state index contributed by atoms with van der Waals surface area (Å²) in [5.41, 5.74) is 2.51. The zero-order valence-corrected chi connectivity index (χ0v) is 14.0. The van der Waals surface area contributed by atoms with Gasteiger partial charge in [-0.3, -0.25) is 9.59 Å². The van der Waals surface area contributed by atoms with Crippen molar-refractivity contribution in [3.8, 4) is 11.5 Å². The zero-order valence-electron chi connectivity index (χ0n) is 14.0. The average Bonchev–Trinajstić information content (AvgIpc) is 2.62. The lowest BCUT2D eigenvalue weighted by Gasteiger charge is -2.17. The highest BCUT2D eigenvalue weighted by Crippen LogP contribution is 2.26. The van der Waals surface area contributed by atoms with E-state index in [4.69, 9.17) is 9.47 Å². The van der Waals surface area contributed by atoms with Crippen LogP contribution in [0.3, 0.4) is 0 Å². The van der Waals surface area contributed by atoms with Crippen molar-refractivity contribution in [2.24, 2.45) is 0 Å². The number of carbonyl (C=O) groups excluding carboxylic acids is 2. The molecule has 0 aromatic heterocycles. The molecule has 1 aliphatic rings. The van der Waals surface area contributed by atoms with Gasteiger partial charge in [0.2, 0.25) is 5.91 Å². The van der Waals surface area contributed by atoms with Crippen LogP contribution in [0.15, 0.2) is 42.5 Å². The van der Waals surface area contributed by atoms with E-state index in [1.54, 1.807) is 36.4 Å². The third-order valence-electron chi connectivity index (χ3n) is 3.79. The lowest BCUT2D eigenvalue weighted by molar-refractivity contribution is -0.118. The summed E-state index contributed by atoms with van der Waals surface area (Å²) in [4.78, 5) is 23.4. The monoisotopic (exact) mass is 340 g/mol. The summed E-state index contributed by atoms with van der Waals surface area (Å²) >= 11 is 0. The molecule has 1 aliphatic heterocycles. The first-order chi connectivity index (χ1) is 12.1. The first-order valence-electron chi connectivity index (χ1n) is 8.22. The van der Waals surface area contributed by atoms with Crippen LogP contribution in [0.5, 0.6) is 11.5 Å². The number of fused-ring (bicyclic) bond motifs is 1. The number of hydrogen-bond acceptors (Lipinski definition) is 4. The van der Waals surface area contributed by atoms with Gasteiger partial charge in [0, 0.05) is 17.8 Å². The van der Waals surface area contributed by atoms with Gasteiger partial charge in [0.1, 0.15) is 11.5 Å². The normalized spacial score (nSPS) is 12.8. The minimum atomic E-state index is -0.241. The van der Waals surface area contributed by atoms with E-state index in [1.807, 2.05) is 13.0 Å². The molecule has 0 saturated carbocycles. The van der Waals surface area contributed by atoms with Crippen molar-refractivity contribution in [3.63, 3.8) is 0 Å². The van der Waals surface area contributed by atoms with E-state index in [2.05, 4.69) is 10.6 Å². The number of carbonyl (C=O) groups is 2. The van der Waals surface area contributed by atoms with Crippen LogP contribution in [-0.4, -0.2) is 25.0 Å². The van der Waals surface area contributed by atoms with Crippen LogP contribution in [0.1, 0.15) is 18.9 Å². The van der Waals surface area contributed by atoms with Crippen molar-refractivity contribution in [1.29, 1.82) is 0 Å². The maximum absolute atomic E-state index is 12.0. The largest absolute Gasteiger partial charge is 0.494 e. The summed E-state index contributed by atoms with van der Waals surface area (Å²) in [6.07, 6.45) is 1.14. The van der Waals surface area contributed by atoms with Crippen LogP contribution in [0.25, 0.3) is 0 Å². The Labute approximate surface area is 146 Å². The Morgan fingerprint density at radius 1 is 1.08 bits per heavy atom. The molecular weight excluding hydrogens is 320 g/mol. The highest BCUT2D eigenvalue weighted by atomic mass is 16.5. The molecular formula is C19H20N2O4. The standard InChI is InChI=1S/C19H20N2O4/c1-2-24-15-6-4-14(5-7-15)20-19(23)12-25-16-8-9-17-13(11-16)3-10-18(22)21-17/h4-9,11H,2-3,10,12H2,1H3,(H,20,23)(H,21,22). The van der Waals surface area contributed by atoms with Gasteiger partial charge in [0.25, 0.3) is 5.91 Å². The van der Waals surface area contributed by atoms with Gasteiger partial charge in [-0.25, -0.2) is 0 Å². The van der Waals surface area contributed by atoms with Gasteiger partial charge in [-0.2, -0.15) is 0 Å². The predicted octanol–water partition coefficient (Wildman–Crippen LogP) is 2.99. The third kappa shape index (κ3) is 4.50. The SMILES string of the molecule is CCOc1ccc(NC(=O)COc2ccc3c(c2)CCC(=O)N3)cc1. The molecule has 0 spiro atoms. The Kier molecular flexibility index (Phi) is 5.18. The van der Waals surface area contributed by atoms with E-state index in [-0.39, 0.29) is 18.4 Å². The molecule has 2 aromatic carbocycles. The van der Waals surface area contributed by atoms with Crippen LogP contribution in [0.4, 0.5) is 11.4 Å². The minimum absolute atomic E-state index is 0.0240. The van der Waals surface area contributed by atoms with Gasteiger partial charge in [0.05, 0.1) is 6.61 Å². The third-order valence-corrected chi connectivity index (χ3v) is 3.79. The Hall–Kier alpha value is -3.02. The minimum Gasteiger partial charge on any atom is -0.494 e. The van der Waals surface area contributed by atoms with Crippen molar-refractivity contribution in [2.75, 3.05) is 23.8 Å². The number of nitrogens with one attached hydrogen (secondary N) is 2. The molecule has 2 aromatic rings. The number of aryl methyl sites for hydroxylation is 1. The number of ether oxygens (including phenoxy) is 2. The van der Waals surface area contributed by atoms with E-state index in [0.717, 1.165) is 17.0 Å². The molecule has 3 rings (SSSR count). The molecule has 25 heavy (non-hydrogen) atoms. The molecule has 0 bridgehead atoms. The maximum Gasteiger partial charge on any atom is 0.262 e. The zero-order chi connectivity index (χ0) is 17.6. The van der Waals surface area contributed by atoms with E-state index in [1.165, 1.54) is 0 Å². The summed E-state index contributed by atoms with van der Waals surface area (Å²) in [6, 6.07) is 12.6. The summed E-state index contributed by atoms with van der Waals surface area (Å²) in [6.45, 7) is 2.43. The van der Waals surface area contributed by atoms with Gasteiger partial charge in [-0.15, -0.1) is 0 Å². The number of anilines is 2. The van der Waals surface area contributed by atoms with Crippen molar-refractivity contribution >= 4 is 23.2 Å². The van der Waals surface area contributed by atoms with Gasteiger partial charge < -0.3 is 20.1 Å². The fraction of sp³-hybridized carbons (Fsp3) is 0.263. The molecule has 1 heterocycles. The lowest BCUT2D eigenvalue weighted by atomic mass is 10.0. The molecule has 0 aliphatic carbocycles. The fourth-order valence-electron chi connectivity index (χ4n) is 2.60. The maximum atomic E-state index is 12.0. The molecule has 0 saturated heterocycles. The molecule has 0 unspecified atom stereocenters. The first kappa shape index (κ1) is 16.8. The van der Waals surface area contributed by atoms with Crippen LogP contribution in [-0.2, 0) is 16.0 Å². The van der Waals surface area contributed by atoms with Crippen LogP contribution < -0.4 is 20.1 Å². The molecule has 0 fully saturated rings. The van der Waals surface area contributed by atoms with Crippen LogP contribution >= 0.6 is 0 Å². The van der Waals surface area contributed by atoms with E-state index in [0.29, 0.717) is 30.9 Å². The quantitative estimate of drug-likeness (QED) is 0.847. The Morgan fingerprint density at radius 3 is 2.60 bits per heavy atom. The van der Waals surface area contributed by atoms with Gasteiger partial charge in [0.15, 0.2) is 6.61 Å². The first-order valence-corrected chi connectivity index (χ1v) is 8.22. The van der Waals surface area contributed by atoms with Crippen LogP contribution in [0.2, 0.25) is 0 Å². The smallest absolute Gasteiger partial charge is 0.262 e. The summed E-state index contributed by atoms with van der Waals surface area (Å²) < 4.78 is 10.9. The lowest BCUT2D eigenvalue weighted by Crippen LogP contribution is -2.21. The molecule has 0 atom stereocenters. The van der Waals surface area contributed by atoms with Gasteiger partial charge in [-0.1, -0.05) is 0 Å². The predicted molar refractivity (Wildman–Crippen MR) is 95.1 cm³/mol. The fourth-order valence-corrected chi connectivity index (χ4v) is 2.60. The molecule has 2 amide bonds. The summed E-state index contributed by atoms with van der Waals surface area (Å²) in [5, 5.41) is 5.59. The van der Waals surface area contributed by atoms with Crippen molar-refractivity contribution in [3.05, 3.63) is 48.0 Å². The van der Waals surface area contributed by atoms with Crippen LogP contribution in [0, 0.1) is 0 Å². The van der Waals surface area contributed by atoms with E-state index < -0.39 is 0 Å². The Balaban J connectivity index is 1.53. The topological polar surface area (TPSA) is 76.7 Å².